The monoisotopic (exact) mass is 316 g/mol. The van der Waals surface area contributed by atoms with Gasteiger partial charge in [-0.05, 0) is 69.2 Å². The van der Waals surface area contributed by atoms with Gasteiger partial charge in [-0.2, -0.15) is 0 Å². The van der Waals surface area contributed by atoms with E-state index in [1.165, 1.54) is 6.42 Å². The van der Waals surface area contributed by atoms with Crippen LogP contribution in [0.25, 0.3) is 0 Å². The van der Waals surface area contributed by atoms with Gasteiger partial charge in [-0.25, -0.2) is 0 Å². The number of hydrogen-bond donors (Lipinski definition) is 0. The molecule has 126 valence electrons. The Bertz CT molecular complexity index is 496. The molecule has 23 heavy (non-hydrogen) atoms. The molecule has 3 nitrogen and oxygen atoms in total. The first-order valence-corrected chi connectivity index (χ1v) is 8.84. The summed E-state index contributed by atoms with van der Waals surface area (Å²) in [4.78, 5) is 12.3. The van der Waals surface area contributed by atoms with Gasteiger partial charge in [0.15, 0.2) is 0 Å². The molecule has 0 aliphatic heterocycles. The van der Waals surface area contributed by atoms with Gasteiger partial charge < -0.3 is 9.47 Å². The Morgan fingerprint density at radius 3 is 2.35 bits per heavy atom. The summed E-state index contributed by atoms with van der Waals surface area (Å²) in [6, 6.07) is 7.26. The van der Waals surface area contributed by atoms with Gasteiger partial charge in [-0.15, -0.1) is 0 Å². The lowest BCUT2D eigenvalue weighted by Crippen LogP contribution is -2.25. The number of allylic oxidation sites excluding steroid dienone is 2. The van der Waals surface area contributed by atoms with Crippen molar-refractivity contribution in [1.82, 2.24) is 0 Å². The number of carbonyl (C=O) groups excluding carboxylic acids is 1. The molecular formula is C20H28O3. The van der Waals surface area contributed by atoms with Gasteiger partial charge in [0.1, 0.15) is 11.5 Å². The van der Waals surface area contributed by atoms with Crippen molar-refractivity contribution in [3.8, 4) is 11.5 Å². The van der Waals surface area contributed by atoms with Crippen molar-refractivity contribution in [3.05, 3.63) is 36.4 Å². The molecule has 1 aliphatic carbocycles. The Balaban J connectivity index is 1.78. The molecule has 0 atom stereocenters. The molecule has 2 rings (SSSR count). The van der Waals surface area contributed by atoms with Crippen molar-refractivity contribution in [2.45, 2.75) is 52.4 Å². The van der Waals surface area contributed by atoms with Gasteiger partial charge >= 0.3 is 5.97 Å². The zero-order valence-corrected chi connectivity index (χ0v) is 14.3. The van der Waals surface area contributed by atoms with Gasteiger partial charge in [0.25, 0.3) is 0 Å². The average molecular weight is 316 g/mol. The van der Waals surface area contributed by atoms with E-state index in [9.17, 15) is 4.79 Å². The van der Waals surface area contributed by atoms with Crippen molar-refractivity contribution >= 4 is 5.97 Å². The lowest BCUT2D eigenvalue weighted by atomic mass is 9.82. The maximum atomic E-state index is 12.3. The average Bonchev–Trinajstić information content (AvgIpc) is 2.58. The molecule has 0 heterocycles. The molecular weight excluding hydrogens is 288 g/mol. The fourth-order valence-corrected chi connectivity index (χ4v) is 2.97. The second kappa shape index (κ2) is 9.39. The van der Waals surface area contributed by atoms with Crippen LogP contribution in [-0.2, 0) is 4.79 Å². The van der Waals surface area contributed by atoms with Gasteiger partial charge in [0.2, 0.25) is 0 Å². The summed E-state index contributed by atoms with van der Waals surface area (Å²) in [5.74, 6) is 1.98. The first-order chi connectivity index (χ1) is 11.2. The molecule has 0 aromatic heterocycles. The molecule has 0 spiro atoms. The van der Waals surface area contributed by atoms with E-state index in [0.29, 0.717) is 18.3 Å². The topological polar surface area (TPSA) is 35.5 Å². The normalized spacial score (nSPS) is 21.3. The third kappa shape index (κ3) is 5.74. The van der Waals surface area contributed by atoms with Crippen molar-refractivity contribution in [2.75, 3.05) is 6.61 Å². The summed E-state index contributed by atoms with van der Waals surface area (Å²) in [5.41, 5.74) is 0. The molecule has 1 saturated carbocycles. The Labute approximate surface area is 139 Å². The minimum atomic E-state index is -0.0925. The zero-order valence-electron chi connectivity index (χ0n) is 14.3. The minimum Gasteiger partial charge on any atom is -0.494 e. The molecule has 1 aliphatic rings. The van der Waals surface area contributed by atoms with E-state index in [2.05, 4.69) is 19.1 Å². The molecule has 1 aromatic carbocycles. The van der Waals surface area contributed by atoms with E-state index in [0.717, 1.165) is 37.9 Å². The van der Waals surface area contributed by atoms with E-state index in [1.807, 2.05) is 19.1 Å². The van der Waals surface area contributed by atoms with Gasteiger partial charge in [0.05, 0.1) is 12.5 Å². The van der Waals surface area contributed by atoms with E-state index < -0.39 is 0 Å². The van der Waals surface area contributed by atoms with E-state index >= 15 is 0 Å². The Morgan fingerprint density at radius 2 is 1.74 bits per heavy atom. The second-order valence-corrected chi connectivity index (χ2v) is 6.15. The summed E-state index contributed by atoms with van der Waals surface area (Å²) in [6.45, 7) is 4.77. The molecule has 0 amide bonds. The molecule has 0 N–H and O–H groups in total. The summed E-state index contributed by atoms with van der Waals surface area (Å²) < 4.78 is 10.9. The minimum absolute atomic E-state index is 0.0393. The molecule has 1 aromatic rings. The molecule has 0 saturated heterocycles. The smallest absolute Gasteiger partial charge is 0.314 e. The van der Waals surface area contributed by atoms with Crippen LogP contribution in [0, 0.1) is 11.8 Å². The lowest BCUT2D eigenvalue weighted by molar-refractivity contribution is -0.140. The van der Waals surface area contributed by atoms with Crippen LogP contribution in [0.3, 0.4) is 0 Å². The number of hydrogen-bond acceptors (Lipinski definition) is 3. The summed E-state index contributed by atoms with van der Waals surface area (Å²) in [7, 11) is 0. The van der Waals surface area contributed by atoms with E-state index in [-0.39, 0.29) is 11.9 Å². The maximum absolute atomic E-state index is 12.3. The number of unbranched alkanes of at least 4 members (excludes halogenated alkanes) is 1. The maximum Gasteiger partial charge on any atom is 0.314 e. The van der Waals surface area contributed by atoms with Crippen LogP contribution < -0.4 is 9.47 Å². The van der Waals surface area contributed by atoms with Gasteiger partial charge in [-0.3, -0.25) is 4.79 Å². The van der Waals surface area contributed by atoms with Crippen LogP contribution >= 0.6 is 0 Å². The van der Waals surface area contributed by atoms with Crippen LogP contribution in [0.1, 0.15) is 52.4 Å². The highest BCUT2D eigenvalue weighted by Gasteiger charge is 2.26. The van der Waals surface area contributed by atoms with Crippen LogP contribution in [-0.4, -0.2) is 12.6 Å². The lowest BCUT2D eigenvalue weighted by Gasteiger charge is -2.25. The summed E-state index contributed by atoms with van der Waals surface area (Å²) in [6.07, 6.45) is 11.0. The number of benzene rings is 1. The van der Waals surface area contributed by atoms with Crippen LogP contribution in [0.4, 0.5) is 0 Å². The Hall–Kier alpha value is -1.77. The molecule has 3 heteroatoms. The third-order valence-corrected chi connectivity index (χ3v) is 4.32. The molecule has 0 radical (unpaired) electrons. The zero-order chi connectivity index (χ0) is 16.5. The first kappa shape index (κ1) is 17.6. The standard InChI is InChI=1S/C20H28O3/c1-3-5-6-7-16-8-10-17(11-9-16)20(21)23-19-14-12-18(13-15-19)22-4-2/h6-7,12-17H,3-5,8-11H2,1-2H3/t16-,17-. The van der Waals surface area contributed by atoms with Gasteiger partial charge in [-0.1, -0.05) is 25.5 Å². The fraction of sp³-hybridized carbons (Fsp3) is 0.550. The SMILES string of the molecule is CCCC=C[C@H]1CC[C@H](C(=O)Oc2ccc(OCC)cc2)CC1. The highest BCUT2D eigenvalue weighted by molar-refractivity contribution is 5.75. The predicted octanol–water partition coefficient (Wildman–Crippen LogP) is 5.15. The third-order valence-electron chi connectivity index (χ3n) is 4.32. The van der Waals surface area contributed by atoms with E-state index in [1.54, 1.807) is 12.1 Å². The van der Waals surface area contributed by atoms with Crippen molar-refractivity contribution in [2.24, 2.45) is 11.8 Å². The Kier molecular flexibility index (Phi) is 7.18. The van der Waals surface area contributed by atoms with E-state index in [4.69, 9.17) is 9.47 Å². The van der Waals surface area contributed by atoms with Crippen LogP contribution in [0.2, 0.25) is 0 Å². The molecule has 0 unspecified atom stereocenters. The fourth-order valence-electron chi connectivity index (χ4n) is 2.97. The molecule has 0 bridgehead atoms. The molecule has 1 fully saturated rings. The van der Waals surface area contributed by atoms with Crippen molar-refractivity contribution in [1.29, 1.82) is 0 Å². The largest absolute Gasteiger partial charge is 0.494 e. The summed E-state index contributed by atoms with van der Waals surface area (Å²) in [5, 5.41) is 0. The number of esters is 1. The van der Waals surface area contributed by atoms with Crippen LogP contribution in [0.15, 0.2) is 36.4 Å². The first-order valence-electron chi connectivity index (χ1n) is 8.84. The Morgan fingerprint density at radius 1 is 1.09 bits per heavy atom. The highest BCUT2D eigenvalue weighted by atomic mass is 16.5. The quantitative estimate of drug-likeness (QED) is 0.396. The highest BCUT2D eigenvalue weighted by Crippen LogP contribution is 2.31. The predicted molar refractivity (Wildman–Crippen MR) is 92.7 cm³/mol. The number of carbonyl (C=O) groups is 1. The number of rotatable bonds is 7. The number of ether oxygens (including phenoxy) is 2. The second-order valence-electron chi connectivity index (χ2n) is 6.15. The van der Waals surface area contributed by atoms with Crippen LogP contribution in [0.5, 0.6) is 11.5 Å². The van der Waals surface area contributed by atoms with Crippen molar-refractivity contribution < 1.29 is 14.3 Å². The van der Waals surface area contributed by atoms with Crippen molar-refractivity contribution in [3.63, 3.8) is 0 Å². The summed E-state index contributed by atoms with van der Waals surface area (Å²) >= 11 is 0. The van der Waals surface area contributed by atoms with Gasteiger partial charge in [0, 0.05) is 0 Å².